The Balaban J connectivity index is 1.67. The molecule has 7 nitrogen and oxygen atoms in total. The summed E-state index contributed by atoms with van der Waals surface area (Å²) in [6.45, 7) is 1.80. The topological polar surface area (TPSA) is 97.4 Å². The number of nitrogens with zero attached hydrogens (tertiary/aromatic N) is 1. The molecule has 0 bridgehead atoms. The Morgan fingerprint density at radius 2 is 1.96 bits per heavy atom. The standard InChI is InChI=1S/C17H15N3O4/c1-11(16-9-12-5-2-3-8-15(12)24-16)18-17(21)19-13-6-4-7-14(10-13)20(22)23/h2-11H,1H3,(H2,18,19,21)/t11-/m1/s1. The van der Waals surface area contributed by atoms with Crippen molar-refractivity contribution in [2.75, 3.05) is 5.32 Å². The van der Waals surface area contributed by atoms with Crippen LogP contribution >= 0.6 is 0 Å². The van der Waals surface area contributed by atoms with Crippen molar-refractivity contribution in [3.05, 3.63) is 70.5 Å². The van der Waals surface area contributed by atoms with E-state index in [4.69, 9.17) is 4.42 Å². The molecule has 122 valence electrons. The minimum atomic E-state index is -0.514. The second kappa shape index (κ2) is 6.41. The van der Waals surface area contributed by atoms with Gasteiger partial charge in [-0.3, -0.25) is 10.1 Å². The van der Waals surface area contributed by atoms with E-state index in [9.17, 15) is 14.9 Å². The van der Waals surface area contributed by atoms with E-state index in [0.29, 0.717) is 11.4 Å². The summed E-state index contributed by atoms with van der Waals surface area (Å²) in [4.78, 5) is 22.3. The summed E-state index contributed by atoms with van der Waals surface area (Å²) in [6, 6.07) is 14.4. The first-order valence-corrected chi connectivity index (χ1v) is 7.33. The van der Waals surface area contributed by atoms with Crippen molar-refractivity contribution in [3.63, 3.8) is 0 Å². The number of urea groups is 1. The quantitative estimate of drug-likeness (QED) is 0.554. The fraction of sp³-hybridized carbons (Fsp3) is 0.118. The van der Waals surface area contributed by atoms with Gasteiger partial charge in [-0.2, -0.15) is 0 Å². The zero-order valence-electron chi connectivity index (χ0n) is 12.9. The van der Waals surface area contributed by atoms with Crippen molar-refractivity contribution < 1.29 is 14.1 Å². The third-order valence-electron chi connectivity index (χ3n) is 3.53. The highest BCUT2D eigenvalue weighted by Crippen LogP contribution is 2.23. The molecule has 1 atom stereocenters. The SMILES string of the molecule is C[C@@H](NC(=O)Nc1cccc([N+](=O)[O-])c1)c1cc2ccccc2o1. The number of para-hydroxylation sites is 1. The zero-order chi connectivity index (χ0) is 17.1. The van der Waals surface area contributed by atoms with Crippen LogP contribution in [0.25, 0.3) is 11.0 Å². The van der Waals surface area contributed by atoms with Gasteiger partial charge in [-0.1, -0.05) is 24.3 Å². The summed E-state index contributed by atoms with van der Waals surface area (Å²) >= 11 is 0. The number of anilines is 1. The third kappa shape index (κ3) is 3.35. The Bertz CT molecular complexity index is 870. The maximum Gasteiger partial charge on any atom is 0.319 e. The van der Waals surface area contributed by atoms with E-state index in [1.807, 2.05) is 30.3 Å². The van der Waals surface area contributed by atoms with Crippen molar-refractivity contribution >= 4 is 28.4 Å². The first-order valence-electron chi connectivity index (χ1n) is 7.33. The number of fused-ring (bicyclic) bond motifs is 1. The lowest BCUT2D eigenvalue weighted by atomic mass is 10.2. The molecular formula is C17H15N3O4. The van der Waals surface area contributed by atoms with Gasteiger partial charge < -0.3 is 15.1 Å². The van der Waals surface area contributed by atoms with Crippen LogP contribution in [0, 0.1) is 10.1 Å². The molecule has 3 aromatic rings. The van der Waals surface area contributed by atoms with Crippen LogP contribution in [0.4, 0.5) is 16.2 Å². The van der Waals surface area contributed by atoms with Crippen molar-refractivity contribution in [2.24, 2.45) is 0 Å². The number of carbonyl (C=O) groups is 1. The molecule has 0 saturated heterocycles. The molecule has 7 heteroatoms. The fourth-order valence-corrected chi connectivity index (χ4v) is 2.35. The van der Waals surface area contributed by atoms with Crippen molar-refractivity contribution in [1.82, 2.24) is 5.32 Å². The van der Waals surface area contributed by atoms with Crippen LogP contribution in [-0.2, 0) is 0 Å². The lowest BCUT2D eigenvalue weighted by molar-refractivity contribution is -0.384. The minimum absolute atomic E-state index is 0.0851. The largest absolute Gasteiger partial charge is 0.459 e. The van der Waals surface area contributed by atoms with E-state index in [-0.39, 0.29) is 11.7 Å². The number of amides is 2. The highest BCUT2D eigenvalue weighted by molar-refractivity contribution is 5.90. The number of furan rings is 1. The number of benzene rings is 2. The second-order valence-electron chi connectivity index (χ2n) is 5.31. The zero-order valence-corrected chi connectivity index (χ0v) is 12.9. The van der Waals surface area contributed by atoms with Gasteiger partial charge in [0.25, 0.3) is 5.69 Å². The lowest BCUT2D eigenvalue weighted by Crippen LogP contribution is -2.30. The van der Waals surface area contributed by atoms with E-state index >= 15 is 0 Å². The van der Waals surface area contributed by atoms with Crippen LogP contribution in [0.5, 0.6) is 0 Å². The molecule has 0 aliphatic heterocycles. The molecule has 24 heavy (non-hydrogen) atoms. The van der Waals surface area contributed by atoms with Gasteiger partial charge in [0.05, 0.1) is 11.0 Å². The number of hydrogen-bond donors (Lipinski definition) is 2. The Kier molecular flexibility index (Phi) is 4.15. The molecule has 0 aliphatic rings. The van der Waals surface area contributed by atoms with Crippen LogP contribution in [0.15, 0.2) is 59.0 Å². The highest BCUT2D eigenvalue weighted by atomic mass is 16.6. The summed E-state index contributed by atoms with van der Waals surface area (Å²) in [5.41, 5.74) is 1.01. The van der Waals surface area contributed by atoms with Gasteiger partial charge in [-0.05, 0) is 25.1 Å². The predicted molar refractivity (Wildman–Crippen MR) is 89.9 cm³/mol. The number of carbonyl (C=O) groups excluding carboxylic acids is 1. The molecular weight excluding hydrogens is 310 g/mol. The smallest absolute Gasteiger partial charge is 0.319 e. The van der Waals surface area contributed by atoms with Crippen LogP contribution in [0.3, 0.4) is 0 Å². The number of nitro groups is 1. The molecule has 0 radical (unpaired) electrons. The highest BCUT2D eigenvalue weighted by Gasteiger charge is 2.15. The fourth-order valence-electron chi connectivity index (χ4n) is 2.35. The molecule has 0 spiro atoms. The average Bonchev–Trinajstić information content (AvgIpc) is 2.99. The Morgan fingerprint density at radius 1 is 1.17 bits per heavy atom. The molecule has 2 aromatic carbocycles. The van der Waals surface area contributed by atoms with Gasteiger partial charge in [0, 0.05) is 23.2 Å². The Morgan fingerprint density at radius 3 is 2.71 bits per heavy atom. The van der Waals surface area contributed by atoms with Gasteiger partial charge in [-0.25, -0.2) is 4.79 Å². The number of nitro benzene ring substituents is 1. The Hall–Kier alpha value is -3.35. The molecule has 3 rings (SSSR count). The lowest BCUT2D eigenvalue weighted by Gasteiger charge is -2.12. The normalized spacial score (nSPS) is 11.9. The van der Waals surface area contributed by atoms with E-state index in [1.54, 1.807) is 13.0 Å². The van der Waals surface area contributed by atoms with E-state index in [0.717, 1.165) is 11.0 Å². The van der Waals surface area contributed by atoms with Crippen LogP contribution in [0.2, 0.25) is 0 Å². The number of hydrogen-bond acceptors (Lipinski definition) is 4. The molecule has 0 saturated carbocycles. The first kappa shape index (κ1) is 15.5. The van der Waals surface area contributed by atoms with Gasteiger partial charge in [0.15, 0.2) is 0 Å². The minimum Gasteiger partial charge on any atom is -0.459 e. The molecule has 1 aromatic heterocycles. The number of non-ortho nitro benzene ring substituents is 1. The van der Waals surface area contributed by atoms with E-state index in [1.165, 1.54) is 18.2 Å². The van der Waals surface area contributed by atoms with Crippen LogP contribution in [0.1, 0.15) is 18.7 Å². The van der Waals surface area contributed by atoms with Crippen LogP contribution in [-0.4, -0.2) is 11.0 Å². The van der Waals surface area contributed by atoms with Crippen LogP contribution < -0.4 is 10.6 Å². The van der Waals surface area contributed by atoms with Crippen molar-refractivity contribution in [3.8, 4) is 0 Å². The summed E-state index contributed by atoms with van der Waals surface area (Å²) in [7, 11) is 0. The molecule has 0 unspecified atom stereocenters. The molecule has 2 N–H and O–H groups in total. The molecule has 2 amide bonds. The van der Waals surface area contributed by atoms with E-state index < -0.39 is 11.0 Å². The van der Waals surface area contributed by atoms with Crippen molar-refractivity contribution in [1.29, 1.82) is 0 Å². The monoisotopic (exact) mass is 325 g/mol. The van der Waals surface area contributed by atoms with Gasteiger partial charge in [0.1, 0.15) is 11.3 Å². The Labute approximate surface area is 137 Å². The van der Waals surface area contributed by atoms with Gasteiger partial charge in [-0.15, -0.1) is 0 Å². The summed E-state index contributed by atoms with van der Waals surface area (Å²) in [5.74, 6) is 0.630. The maximum atomic E-state index is 12.1. The van der Waals surface area contributed by atoms with E-state index in [2.05, 4.69) is 10.6 Å². The molecule has 1 heterocycles. The average molecular weight is 325 g/mol. The number of rotatable bonds is 4. The van der Waals surface area contributed by atoms with Gasteiger partial charge in [0.2, 0.25) is 0 Å². The summed E-state index contributed by atoms with van der Waals surface area (Å²) in [5, 5.41) is 17.0. The number of nitrogens with one attached hydrogen (secondary N) is 2. The summed E-state index contributed by atoms with van der Waals surface area (Å²) in [6.07, 6.45) is 0. The summed E-state index contributed by atoms with van der Waals surface area (Å²) < 4.78 is 5.70. The third-order valence-corrected chi connectivity index (χ3v) is 3.53. The van der Waals surface area contributed by atoms with Crippen molar-refractivity contribution in [2.45, 2.75) is 13.0 Å². The maximum absolute atomic E-state index is 12.1. The first-order chi connectivity index (χ1) is 11.5. The molecule has 0 fully saturated rings. The van der Waals surface area contributed by atoms with Gasteiger partial charge >= 0.3 is 6.03 Å². The second-order valence-corrected chi connectivity index (χ2v) is 5.31. The molecule has 0 aliphatic carbocycles. The predicted octanol–water partition coefficient (Wildman–Crippen LogP) is 4.22.